The van der Waals surface area contributed by atoms with Gasteiger partial charge in [0.15, 0.2) is 0 Å². The summed E-state index contributed by atoms with van der Waals surface area (Å²) in [5.41, 5.74) is 0. The van der Waals surface area contributed by atoms with Crippen LogP contribution in [0.2, 0.25) is 0 Å². The normalized spacial score (nSPS) is 10.2. The molecule has 1 rings (SSSR count). The number of terminal acetylenes is 1. The first-order chi connectivity index (χ1) is 8.52. The molecule has 0 spiro atoms. The molecule has 1 amide bonds. The van der Waals surface area contributed by atoms with Crippen LogP contribution in [0.25, 0.3) is 6.08 Å². The molecular weight excluding hydrogens is 318 g/mol. The van der Waals surface area contributed by atoms with Crippen molar-refractivity contribution >= 4 is 45.2 Å². The van der Waals surface area contributed by atoms with Gasteiger partial charge in [-0.15, -0.1) is 17.8 Å². The Hall–Kier alpha value is -1.58. The third-order valence-electron chi connectivity index (χ3n) is 1.90. The number of carbonyl (C=O) groups excluding carboxylic acids is 1. The van der Waals surface area contributed by atoms with E-state index in [1.54, 1.807) is 6.08 Å². The second kappa shape index (κ2) is 6.99. The summed E-state index contributed by atoms with van der Waals surface area (Å²) in [4.78, 5) is 24.3. The Morgan fingerprint density at radius 2 is 2.28 bits per heavy atom. The number of hydrogen-bond donors (Lipinski definition) is 1. The third-order valence-corrected chi connectivity index (χ3v) is 3.49. The van der Waals surface area contributed by atoms with E-state index in [-0.39, 0.29) is 6.54 Å². The lowest BCUT2D eigenvalue weighted by Gasteiger charge is -2.15. The quantitative estimate of drug-likeness (QED) is 0.665. The Balaban J connectivity index is 2.69. The summed E-state index contributed by atoms with van der Waals surface area (Å²) < 4.78 is 0.959. The van der Waals surface area contributed by atoms with E-state index < -0.39 is 18.4 Å². The molecule has 0 unspecified atom stereocenters. The molecule has 94 valence electrons. The minimum Gasteiger partial charge on any atom is -0.480 e. The molecule has 1 heterocycles. The molecule has 6 heteroatoms. The van der Waals surface area contributed by atoms with Gasteiger partial charge in [-0.05, 0) is 34.1 Å². The summed E-state index contributed by atoms with van der Waals surface area (Å²) in [6.45, 7) is -0.425. The molecule has 0 aromatic carbocycles. The van der Waals surface area contributed by atoms with Crippen LogP contribution in [0.5, 0.6) is 0 Å². The first-order valence-corrected chi connectivity index (χ1v) is 6.51. The van der Waals surface area contributed by atoms with Gasteiger partial charge in [-0.25, -0.2) is 0 Å². The number of carboxylic acid groups (broad SMARTS) is 1. The van der Waals surface area contributed by atoms with Crippen LogP contribution in [-0.4, -0.2) is 35.0 Å². The number of aliphatic carboxylic acids is 1. The third kappa shape index (κ3) is 4.73. The van der Waals surface area contributed by atoms with Crippen LogP contribution in [-0.2, 0) is 9.59 Å². The maximum absolute atomic E-state index is 11.7. The molecule has 0 aliphatic heterocycles. The molecule has 0 radical (unpaired) electrons. The zero-order chi connectivity index (χ0) is 13.5. The molecule has 0 saturated heterocycles. The number of thiophene rings is 1. The second-order valence-electron chi connectivity index (χ2n) is 3.27. The van der Waals surface area contributed by atoms with Gasteiger partial charge >= 0.3 is 5.97 Å². The van der Waals surface area contributed by atoms with E-state index in [0.29, 0.717) is 0 Å². The minimum absolute atomic E-state index is 0.0242. The van der Waals surface area contributed by atoms with Crippen molar-refractivity contribution in [2.75, 3.05) is 13.1 Å². The lowest BCUT2D eigenvalue weighted by molar-refractivity contribution is -0.142. The van der Waals surface area contributed by atoms with E-state index in [1.165, 1.54) is 17.4 Å². The van der Waals surface area contributed by atoms with Crippen LogP contribution in [0.4, 0.5) is 0 Å². The molecular formula is C12H10BrNO3S. The number of amides is 1. The molecule has 1 aromatic heterocycles. The topological polar surface area (TPSA) is 57.6 Å². The number of hydrogen-bond acceptors (Lipinski definition) is 3. The SMILES string of the molecule is C#CCN(CC(=O)O)C(=O)C=Cc1ccc(Br)s1. The van der Waals surface area contributed by atoms with E-state index in [0.717, 1.165) is 13.6 Å². The lowest BCUT2D eigenvalue weighted by Crippen LogP contribution is -2.34. The summed E-state index contributed by atoms with van der Waals surface area (Å²) in [6.07, 6.45) is 8.03. The van der Waals surface area contributed by atoms with Gasteiger partial charge in [0.2, 0.25) is 5.91 Å². The van der Waals surface area contributed by atoms with Crippen LogP contribution in [0, 0.1) is 12.3 Å². The highest BCUT2D eigenvalue weighted by Crippen LogP contribution is 2.22. The maximum Gasteiger partial charge on any atom is 0.323 e. The molecule has 0 aliphatic carbocycles. The average Bonchev–Trinajstić information content (AvgIpc) is 2.71. The van der Waals surface area contributed by atoms with E-state index in [4.69, 9.17) is 11.5 Å². The van der Waals surface area contributed by atoms with Crippen LogP contribution in [0.15, 0.2) is 22.0 Å². The van der Waals surface area contributed by atoms with Crippen molar-refractivity contribution in [2.45, 2.75) is 0 Å². The Morgan fingerprint density at radius 1 is 1.56 bits per heavy atom. The number of carbonyl (C=O) groups is 2. The number of nitrogens with zero attached hydrogens (tertiary/aromatic N) is 1. The van der Waals surface area contributed by atoms with Gasteiger partial charge in [0.25, 0.3) is 0 Å². The number of rotatable bonds is 5. The number of halogens is 1. The Morgan fingerprint density at radius 3 is 2.78 bits per heavy atom. The molecule has 0 aliphatic rings. The largest absolute Gasteiger partial charge is 0.480 e. The fourth-order valence-corrected chi connectivity index (χ4v) is 2.49. The predicted octanol–water partition coefficient (Wildman–Crippen LogP) is 2.07. The monoisotopic (exact) mass is 327 g/mol. The summed E-state index contributed by atoms with van der Waals surface area (Å²) in [5, 5.41) is 8.66. The second-order valence-corrected chi connectivity index (χ2v) is 5.76. The van der Waals surface area contributed by atoms with Gasteiger partial charge < -0.3 is 10.0 Å². The zero-order valence-corrected chi connectivity index (χ0v) is 11.7. The predicted molar refractivity (Wildman–Crippen MR) is 74.1 cm³/mol. The van der Waals surface area contributed by atoms with Gasteiger partial charge in [0.05, 0.1) is 10.3 Å². The van der Waals surface area contributed by atoms with E-state index in [2.05, 4.69) is 21.9 Å². The van der Waals surface area contributed by atoms with Crippen molar-refractivity contribution < 1.29 is 14.7 Å². The summed E-state index contributed by atoms with van der Waals surface area (Å²) >= 11 is 4.78. The van der Waals surface area contributed by atoms with Crippen LogP contribution >= 0.6 is 27.3 Å². The maximum atomic E-state index is 11.7. The Kier molecular flexibility index (Phi) is 5.62. The molecule has 1 N–H and O–H groups in total. The highest BCUT2D eigenvalue weighted by atomic mass is 79.9. The van der Waals surface area contributed by atoms with Crippen molar-refractivity contribution in [3.63, 3.8) is 0 Å². The van der Waals surface area contributed by atoms with Crippen molar-refractivity contribution in [1.82, 2.24) is 4.90 Å². The van der Waals surface area contributed by atoms with E-state index >= 15 is 0 Å². The highest BCUT2D eigenvalue weighted by Gasteiger charge is 2.12. The molecule has 18 heavy (non-hydrogen) atoms. The molecule has 4 nitrogen and oxygen atoms in total. The molecule has 0 saturated carbocycles. The fourth-order valence-electron chi connectivity index (χ4n) is 1.16. The average molecular weight is 328 g/mol. The first kappa shape index (κ1) is 14.5. The van der Waals surface area contributed by atoms with Gasteiger partial charge in [-0.1, -0.05) is 5.92 Å². The van der Waals surface area contributed by atoms with Gasteiger partial charge in [-0.3, -0.25) is 9.59 Å². The summed E-state index contributed by atoms with van der Waals surface area (Å²) in [5.74, 6) is 0.751. The van der Waals surface area contributed by atoms with Gasteiger partial charge in [0, 0.05) is 11.0 Å². The van der Waals surface area contributed by atoms with E-state index in [9.17, 15) is 9.59 Å². The Labute approximate surface area is 117 Å². The van der Waals surface area contributed by atoms with Crippen molar-refractivity contribution in [3.05, 3.63) is 26.9 Å². The van der Waals surface area contributed by atoms with Gasteiger partial charge in [-0.2, -0.15) is 0 Å². The van der Waals surface area contributed by atoms with Crippen molar-refractivity contribution in [1.29, 1.82) is 0 Å². The van der Waals surface area contributed by atoms with Crippen LogP contribution < -0.4 is 0 Å². The smallest absolute Gasteiger partial charge is 0.323 e. The first-order valence-electron chi connectivity index (χ1n) is 4.90. The number of carboxylic acids is 1. The van der Waals surface area contributed by atoms with Crippen LogP contribution in [0.1, 0.15) is 4.88 Å². The molecule has 0 fully saturated rings. The molecule has 1 aromatic rings. The minimum atomic E-state index is -1.09. The Bertz CT molecular complexity index is 516. The summed E-state index contributed by atoms with van der Waals surface area (Å²) in [7, 11) is 0. The zero-order valence-electron chi connectivity index (χ0n) is 9.30. The summed E-state index contributed by atoms with van der Waals surface area (Å²) in [6, 6.07) is 3.71. The fraction of sp³-hybridized carbons (Fsp3) is 0.167. The van der Waals surface area contributed by atoms with E-state index in [1.807, 2.05) is 12.1 Å². The highest BCUT2D eigenvalue weighted by molar-refractivity contribution is 9.11. The van der Waals surface area contributed by atoms with Crippen molar-refractivity contribution in [3.8, 4) is 12.3 Å². The van der Waals surface area contributed by atoms with Crippen molar-refractivity contribution in [2.24, 2.45) is 0 Å². The lowest BCUT2D eigenvalue weighted by atomic mass is 10.3. The standard InChI is InChI=1S/C12H10BrNO3S/c1-2-7-14(8-12(16)17)11(15)6-4-9-3-5-10(13)18-9/h1,3-6H,7-8H2,(H,16,17). The molecule has 0 atom stereocenters. The van der Waals surface area contributed by atoms with Crippen LogP contribution in [0.3, 0.4) is 0 Å². The molecule has 0 bridgehead atoms. The van der Waals surface area contributed by atoms with Gasteiger partial charge in [0.1, 0.15) is 6.54 Å².